The predicted octanol–water partition coefficient (Wildman–Crippen LogP) is 6.14. The lowest BCUT2D eigenvalue weighted by molar-refractivity contribution is -0.142. The van der Waals surface area contributed by atoms with Gasteiger partial charge in [-0.25, -0.2) is 9.50 Å². The van der Waals surface area contributed by atoms with E-state index in [1.807, 2.05) is 0 Å². The summed E-state index contributed by atoms with van der Waals surface area (Å²) in [5, 5.41) is 8.57. The molecule has 4 aromatic rings. The first-order valence-corrected chi connectivity index (χ1v) is 10.1. The predicted molar refractivity (Wildman–Crippen MR) is 108 cm³/mol. The summed E-state index contributed by atoms with van der Waals surface area (Å²) in [5.41, 5.74) is -0.851. The van der Waals surface area contributed by atoms with Crippen LogP contribution >= 0.6 is 38.9 Å². The molecule has 0 bridgehead atoms. The van der Waals surface area contributed by atoms with Crippen LogP contribution in [-0.2, 0) is 6.18 Å². The standard InChI is InChI=1S/C18H9BrClF3N4OS/c19-14-15(17(28)24-10-4-1-3-9(20)7-10)26-27-13(18(21,22)23)8-11(25-16(14)27)12-5-2-6-29-12/h1-8H,(H,24,28). The van der Waals surface area contributed by atoms with E-state index in [0.717, 1.165) is 6.07 Å². The molecule has 0 radical (unpaired) electrons. The summed E-state index contributed by atoms with van der Waals surface area (Å²) in [6, 6.07) is 10.7. The first kappa shape index (κ1) is 19.9. The van der Waals surface area contributed by atoms with E-state index < -0.39 is 17.8 Å². The summed E-state index contributed by atoms with van der Waals surface area (Å²) < 4.78 is 41.6. The van der Waals surface area contributed by atoms with Crippen LogP contribution in [0.15, 0.2) is 52.3 Å². The first-order chi connectivity index (χ1) is 13.7. The number of carbonyl (C=O) groups excluding carboxylic acids is 1. The van der Waals surface area contributed by atoms with Gasteiger partial charge in [0.2, 0.25) is 0 Å². The Hall–Kier alpha value is -2.43. The number of alkyl halides is 3. The molecule has 0 atom stereocenters. The molecular weight excluding hydrogens is 493 g/mol. The molecule has 29 heavy (non-hydrogen) atoms. The van der Waals surface area contributed by atoms with Gasteiger partial charge in [-0.2, -0.15) is 18.3 Å². The molecule has 11 heteroatoms. The number of nitrogens with one attached hydrogen (secondary N) is 1. The van der Waals surface area contributed by atoms with E-state index in [2.05, 4.69) is 31.3 Å². The lowest BCUT2D eigenvalue weighted by Crippen LogP contribution is -2.15. The average molecular weight is 502 g/mol. The van der Waals surface area contributed by atoms with E-state index in [1.54, 1.807) is 35.7 Å². The third kappa shape index (κ3) is 3.87. The zero-order valence-electron chi connectivity index (χ0n) is 14.2. The van der Waals surface area contributed by atoms with Crippen LogP contribution in [0, 0.1) is 0 Å². The van der Waals surface area contributed by atoms with Gasteiger partial charge in [-0.3, -0.25) is 4.79 Å². The molecule has 0 saturated carbocycles. The molecule has 1 amide bonds. The molecule has 0 unspecified atom stereocenters. The van der Waals surface area contributed by atoms with E-state index in [4.69, 9.17) is 11.6 Å². The number of benzene rings is 1. The lowest BCUT2D eigenvalue weighted by Gasteiger charge is -2.10. The Morgan fingerprint density at radius 1 is 1.21 bits per heavy atom. The molecule has 148 valence electrons. The highest BCUT2D eigenvalue weighted by molar-refractivity contribution is 9.10. The molecule has 3 heterocycles. The summed E-state index contributed by atoms with van der Waals surface area (Å²) in [6.07, 6.45) is -4.70. The van der Waals surface area contributed by atoms with Gasteiger partial charge in [0.05, 0.1) is 15.0 Å². The number of halogens is 5. The van der Waals surface area contributed by atoms with Crippen LogP contribution in [0.5, 0.6) is 0 Å². The van der Waals surface area contributed by atoms with Crippen LogP contribution in [0.1, 0.15) is 16.2 Å². The molecule has 0 saturated heterocycles. The largest absolute Gasteiger partial charge is 0.433 e. The molecule has 0 aliphatic rings. The molecule has 0 aliphatic carbocycles. The molecule has 1 N–H and O–H groups in total. The van der Waals surface area contributed by atoms with Crippen molar-refractivity contribution in [3.63, 3.8) is 0 Å². The molecule has 1 aromatic carbocycles. The van der Waals surface area contributed by atoms with Crippen molar-refractivity contribution in [1.82, 2.24) is 14.6 Å². The lowest BCUT2D eigenvalue weighted by atomic mass is 10.2. The highest BCUT2D eigenvalue weighted by Crippen LogP contribution is 2.35. The van der Waals surface area contributed by atoms with E-state index in [9.17, 15) is 18.0 Å². The van der Waals surface area contributed by atoms with Gasteiger partial charge >= 0.3 is 6.18 Å². The Labute approximate surface area is 179 Å². The number of rotatable bonds is 3. The Morgan fingerprint density at radius 2 is 2.00 bits per heavy atom. The van der Waals surface area contributed by atoms with E-state index in [1.165, 1.54) is 17.4 Å². The van der Waals surface area contributed by atoms with Crippen molar-refractivity contribution >= 4 is 56.1 Å². The third-order valence-corrected chi connectivity index (χ3v) is 5.75. The van der Waals surface area contributed by atoms with Gasteiger partial charge in [-0.15, -0.1) is 11.3 Å². The Kier molecular flexibility index (Phi) is 5.09. The second-order valence-electron chi connectivity index (χ2n) is 5.86. The van der Waals surface area contributed by atoms with Crippen LogP contribution < -0.4 is 5.32 Å². The van der Waals surface area contributed by atoms with Gasteiger partial charge in [-0.1, -0.05) is 23.7 Å². The Bertz CT molecular complexity index is 1220. The zero-order valence-corrected chi connectivity index (χ0v) is 17.3. The smallest absolute Gasteiger partial charge is 0.321 e. The minimum Gasteiger partial charge on any atom is -0.321 e. The van der Waals surface area contributed by atoms with Crippen molar-refractivity contribution in [1.29, 1.82) is 0 Å². The van der Waals surface area contributed by atoms with Gasteiger partial charge in [0.1, 0.15) is 0 Å². The number of carbonyl (C=O) groups is 1. The minimum atomic E-state index is -4.70. The number of fused-ring (bicyclic) bond motifs is 1. The second-order valence-corrected chi connectivity index (χ2v) is 8.04. The van der Waals surface area contributed by atoms with Crippen molar-refractivity contribution in [3.05, 3.63) is 68.7 Å². The number of thiophene rings is 1. The third-order valence-electron chi connectivity index (χ3n) is 3.89. The fourth-order valence-corrected chi connectivity index (χ4v) is 4.04. The van der Waals surface area contributed by atoms with Crippen molar-refractivity contribution in [2.75, 3.05) is 5.32 Å². The Balaban J connectivity index is 1.84. The summed E-state index contributed by atoms with van der Waals surface area (Å²) in [4.78, 5) is 17.5. The van der Waals surface area contributed by atoms with Crippen molar-refractivity contribution in [3.8, 4) is 10.6 Å². The van der Waals surface area contributed by atoms with Gasteiger partial charge in [0.15, 0.2) is 17.0 Å². The van der Waals surface area contributed by atoms with Gasteiger partial charge in [0.25, 0.3) is 5.91 Å². The zero-order chi connectivity index (χ0) is 20.8. The molecule has 0 fully saturated rings. The normalized spacial score (nSPS) is 11.8. The molecule has 5 nitrogen and oxygen atoms in total. The first-order valence-electron chi connectivity index (χ1n) is 8.01. The average Bonchev–Trinajstić information content (AvgIpc) is 3.29. The number of aromatic nitrogens is 3. The van der Waals surface area contributed by atoms with Gasteiger partial charge in [-0.05, 0) is 51.6 Å². The van der Waals surface area contributed by atoms with Crippen LogP contribution in [0.25, 0.3) is 16.2 Å². The van der Waals surface area contributed by atoms with Crippen molar-refractivity contribution < 1.29 is 18.0 Å². The van der Waals surface area contributed by atoms with Crippen LogP contribution in [0.2, 0.25) is 5.02 Å². The monoisotopic (exact) mass is 500 g/mol. The maximum Gasteiger partial charge on any atom is 0.433 e. The highest BCUT2D eigenvalue weighted by atomic mass is 79.9. The fraction of sp³-hybridized carbons (Fsp3) is 0.0556. The number of nitrogens with zero attached hydrogens (tertiary/aromatic N) is 3. The summed E-state index contributed by atoms with van der Waals surface area (Å²) in [6.45, 7) is 0. The van der Waals surface area contributed by atoms with Gasteiger partial charge < -0.3 is 5.32 Å². The van der Waals surface area contributed by atoms with E-state index >= 15 is 0 Å². The van der Waals surface area contributed by atoms with Crippen LogP contribution in [-0.4, -0.2) is 20.5 Å². The van der Waals surface area contributed by atoms with Crippen molar-refractivity contribution in [2.45, 2.75) is 6.18 Å². The molecule has 0 aliphatic heterocycles. The van der Waals surface area contributed by atoms with Crippen molar-refractivity contribution in [2.24, 2.45) is 0 Å². The number of anilines is 1. The maximum atomic E-state index is 13.7. The highest BCUT2D eigenvalue weighted by Gasteiger charge is 2.36. The SMILES string of the molecule is O=C(Nc1cccc(Cl)c1)c1nn2c(C(F)(F)F)cc(-c3cccs3)nc2c1Br. The summed E-state index contributed by atoms with van der Waals surface area (Å²) >= 11 is 10.3. The van der Waals surface area contributed by atoms with Crippen LogP contribution in [0.4, 0.5) is 18.9 Å². The van der Waals surface area contributed by atoms with Crippen LogP contribution in [0.3, 0.4) is 0 Å². The summed E-state index contributed by atoms with van der Waals surface area (Å²) in [7, 11) is 0. The number of hydrogen-bond donors (Lipinski definition) is 1. The molecule has 3 aromatic heterocycles. The molecule has 4 rings (SSSR count). The molecular formula is C18H9BrClF3N4OS. The topological polar surface area (TPSA) is 59.3 Å². The van der Waals surface area contributed by atoms with Gasteiger partial charge in [0, 0.05) is 10.7 Å². The number of amides is 1. The quantitative estimate of drug-likeness (QED) is 0.367. The summed E-state index contributed by atoms with van der Waals surface area (Å²) in [5.74, 6) is -0.699. The number of hydrogen-bond acceptors (Lipinski definition) is 4. The maximum absolute atomic E-state index is 13.7. The minimum absolute atomic E-state index is 0.0564. The fourth-order valence-electron chi connectivity index (χ4n) is 2.65. The van der Waals surface area contributed by atoms with E-state index in [-0.39, 0.29) is 21.5 Å². The Morgan fingerprint density at radius 3 is 2.66 bits per heavy atom. The molecule has 0 spiro atoms. The van der Waals surface area contributed by atoms with E-state index in [0.29, 0.717) is 20.1 Å². The second kappa shape index (κ2) is 7.43.